The lowest BCUT2D eigenvalue weighted by Gasteiger charge is -2.10. The van der Waals surface area contributed by atoms with Crippen molar-refractivity contribution < 1.29 is 9.59 Å². The lowest BCUT2D eigenvalue weighted by atomic mass is 10.1. The molecule has 156 valence electrons. The van der Waals surface area contributed by atoms with Gasteiger partial charge in [0.1, 0.15) is 5.82 Å². The zero-order valence-electron chi connectivity index (χ0n) is 16.9. The van der Waals surface area contributed by atoms with Gasteiger partial charge >= 0.3 is 0 Å². The first-order valence-corrected chi connectivity index (χ1v) is 11.0. The first-order chi connectivity index (χ1) is 15.1. The van der Waals surface area contributed by atoms with Crippen molar-refractivity contribution in [1.29, 1.82) is 0 Å². The first kappa shape index (κ1) is 21.0. The molecule has 0 aliphatic heterocycles. The number of carbonyl (C=O) groups is 2. The van der Waals surface area contributed by atoms with Crippen LogP contribution in [-0.2, 0) is 13.0 Å². The zero-order chi connectivity index (χ0) is 21.6. The van der Waals surface area contributed by atoms with Crippen LogP contribution in [0.15, 0.2) is 83.3 Å². The fourth-order valence-electron chi connectivity index (χ4n) is 3.53. The van der Waals surface area contributed by atoms with E-state index in [1.165, 1.54) is 0 Å². The summed E-state index contributed by atoms with van der Waals surface area (Å²) in [5.41, 5.74) is 3.12. The Labute approximate surface area is 189 Å². The van der Waals surface area contributed by atoms with Crippen molar-refractivity contribution in [3.05, 3.63) is 100 Å². The largest absolute Gasteiger partial charge is 0.352 e. The molecule has 1 amide bonds. The van der Waals surface area contributed by atoms with E-state index >= 15 is 0 Å². The van der Waals surface area contributed by atoms with E-state index < -0.39 is 0 Å². The Kier molecular flexibility index (Phi) is 6.57. The molecule has 0 saturated heterocycles. The van der Waals surface area contributed by atoms with Crippen LogP contribution in [0, 0.1) is 0 Å². The van der Waals surface area contributed by atoms with Crippen LogP contribution in [0.2, 0.25) is 0 Å². The molecule has 0 aliphatic rings. The van der Waals surface area contributed by atoms with Crippen molar-refractivity contribution in [2.45, 2.75) is 19.4 Å². The van der Waals surface area contributed by atoms with Gasteiger partial charge in [-0.05, 0) is 36.8 Å². The van der Waals surface area contributed by atoms with Gasteiger partial charge in [-0.25, -0.2) is 4.98 Å². The van der Waals surface area contributed by atoms with Gasteiger partial charge in [0.05, 0.1) is 17.6 Å². The van der Waals surface area contributed by atoms with E-state index in [1.54, 1.807) is 12.1 Å². The van der Waals surface area contributed by atoms with Crippen molar-refractivity contribution in [2.75, 3.05) is 6.54 Å². The summed E-state index contributed by atoms with van der Waals surface area (Å²) in [6.07, 6.45) is 1.39. The number of ketones is 1. The van der Waals surface area contributed by atoms with Gasteiger partial charge < -0.3 is 9.88 Å². The molecule has 0 unspecified atom stereocenters. The number of para-hydroxylation sites is 2. The lowest BCUT2D eigenvalue weighted by Crippen LogP contribution is -2.25. The highest BCUT2D eigenvalue weighted by Gasteiger charge is 2.15. The van der Waals surface area contributed by atoms with Gasteiger partial charge in [0, 0.05) is 28.6 Å². The van der Waals surface area contributed by atoms with Gasteiger partial charge in [0.15, 0.2) is 5.78 Å². The maximum atomic E-state index is 12.8. The summed E-state index contributed by atoms with van der Waals surface area (Å²) in [6.45, 7) is 0.769. The van der Waals surface area contributed by atoms with Crippen LogP contribution < -0.4 is 5.32 Å². The maximum absolute atomic E-state index is 12.8. The molecular formula is C25H22BrN3O2. The van der Waals surface area contributed by atoms with Crippen LogP contribution >= 0.6 is 15.9 Å². The predicted octanol–water partition coefficient (Wildman–Crippen LogP) is 5.04. The topological polar surface area (TPSA) is 64.0 Å². The minimum absolute atomic E-state index is 0.0490. The van der Waals surface area contributed by atoms with Crippen molar-refractivity contribution in [1.82, 2.24) is 14.9 Å². The van der Waals surface area contributed by atoms with Crippen LogP contribution in [-0.4, -0.2) is 27.8 Å². The summed E-state index contributed by atoms with van der Waals surface area (Å²) < 4.78 is 2.86. The molecule has 4 aromatic rings. The summed E-state index contributed by atoms with van der Waals surface area (Å²) in [5.74, 6) is 0.796. The van der Waals surface area contributed by atoms with Gasteiger partial charge in [0.25, 0.3) is 5.91 Å². The number of carbonyl (C=O) groups excluding carboxylic acids is 2. The first-order valence-electron chi connectivity index (χ1n) is 10.2. The fourth-order valence-corrected chi connectivity index (χ4v) is 3.93. The number of benzene rings is 3. The average Bonchev–Trinajstić information content (AvgIpc) is 3.14. The molecule has 0 bridgehead atoms. The molecule has 31 heavy (non-hydrogen) atoms. The molecule has 0 spiro atoms. The Balaban J connectivity index is 1.44. The molecule has 3 aromatic carbocycles. The van der Waals surface area contributed by atoms with Crippen LogP contribution in [0.4, 0.5) is 0 Å². The molecule has 0 aliphatic carbocycles. The number of aryl methyl sites for hydroxylation is 1. The highest BCUT2D eigenvalue weighted by molar-refractivity contribution is 9.10. The van der Waals surface area contributed by atoms with Gasteiger partial charge in [-0.1, -0.05) is 64.5 Å². The quantitative estimate of drug-likeness (QED) is 0.286. The molecule has 5 nitrogen and oxygen atoms in total. The second kappa shape index (κ2) is 9.71. The zero-order valence-corrected chi connectivity index (χ0v) is 18.5. The molecule has 0 saturated carbocycles. The number of nitrogens with one attached hydrogen (secondary N) is 1. The van der Waals surface area contributed by atoms with Gasteiger partial charge in [-0.15, -0.1) is 0 Å². The molecule has 0 fully saturated rings. The Bertz CT molecular complexity index is 1220. The number of aromatic nitrogens is 2. The van der Waals surface area contributed by atoms with Gasteiger partial charge in [-0.2, -0.15) is 0 Å². The fraction of sp³-hybridized carbons (Fsp3) is 0.160. The van der Waals surface area contributed by atoms with E-state index in [9.17, 15) is 9.59 Å². The third kappa shape index (κ3) is 5.09. The average molecular weight is 476 g/mol. The summed E-state index contributed by atoms with van der Waals surface area (Å²) >= 11 is 3.39. The second-order valence-electron chi connectivity index (χ2n) is 7.26. The van der Waals surface area contributed by atoms with E-state index in [0.29, 0.717) is 24.1 Å². The van der Waals surface area contributed by atoms with Crippen LogP contribution in [0.1, 0.15) is 33.0 Å². The summed E-state index contributed by atoms with van der Waals surface area (Å²) in [7, 11) is 0. The minimum atomic E-state index is -0.103. The third-order valence-electron chi connectivity index (χ3n) is 5.08. The number of Topliss-reactive ketones (excluding diaryl/α,β-unsaturated/α-hetero) is 1. The van der Waals surface area contributed by atoms with Gasteiger partial charge in [0.2, 0.25) is 0 Å². The SMILES string of the molecule is O=C(Cn1c(CCCNC(=O)c2cccc(Br)c2)nc2ccccc21)c1ccccc1. The highest BCUT2D eigenvalue weighted by Crippen LogP contribution is 2.18. The van der Waals surface area contributed by atoms with Gasteiger partial charge in [-0.3, -0.25) is 9.59 Å². The maximum Gasteiger partial charge on any atom is 0.251 e. The van der Waals surface area contributed by atoms with Crippen molar-refractivity contribution >= 4 is 38.7 Å². The molecule has 1 N–H and O–H groups in total. The summed E-state index contributed by atoms with van der Waals surface area (Å²) in [5, 5.41) is 2.95. The van der Waals surface area contributed by atoms with Crippen molar-refractivity contribution in [3.8, 4) is 0 Å². The van der Waals surface area contributed by atoms with Crippen LogP contribution in [0.5, 0.6) is 0 Å². The molecule has 6 heteroatoms. The standard InChI is InChI=1S/C25H22BrN3O2/c26-20-11-6-10-19(16-20)25(31)27-15-7-14-24-28-21-12-4-5-13-22(21)29(24)17-23(30)18-8-2-1-3-9-18/h1-6,8-13,16H,7,14-15,17H2,(H,27,31). The van der Waals surface area contributed by atoms with E-state index in [4.69, 9.17) is 4.98 Å². The highest BCUT2D eigenvalue weighted by atomic mass is 79.9. The van der Waals surface area contributed by atoms with E-state index in [-0.39, 0.29) is 18.2 Å². The normalized spacial score (nSPS) is 10.9. The Hall–Kier alpha value is -3.25. The third-order valence-corrected chi connectivity index (χ3v) is 5.57. The number of rotatable bonds is 8. The monoisotopic (exact) mass is 475 g/mol. The number of fused-ring (bicyclic) bond motifs is 1. The smallest absolute Gasteiger partial charge is 0.251 e. The van der Waals surface area contributed by atoms with E-state index in [1.807, 2.05) is 71.3 Å². The number of amides is 1. The Morgan fingerprint density at radius 2 is 1.65 bits per heavy atom. The molecule has 1 aromatic heterocycles. The Morgan fingerprint density at radius 1 is 0.903 bits per heavy atom. The molecule has 0 atom stereocenters. The number of hydrogen-bond acceptors (Lipinski definition) is 3. The number of hydrogen-bond donors (Lipinski definition) is 1. The number of halogens is 1. The molecular weight excluding hydrogens is 454 g/mol. The minimum Gasteiger partial charge on any atom is -0.352 e. The Morgan fingerprint density at radius 3 is 2.45 bits per heavy atom. The van der Waals surface area contributed by atoms with Crippen molar-refractivity contribution in [2.24, 2.45) is 0 Å². The van der Waals surface area contributed by atoms with E-state index in [2.05, 4.69) is 21.2 Å². The lowest BCUT2D eigenvalue weighted by molar-refractivity contribution is 0.0951. The van der Waals surface area contributed by atoms with Crippen LogP contribution in [0.3, 0.4) is 0 Å². The number of nitrogens with zero attached hydrogens (tertiary/aromatic N) is 2. The molecule has 4 rings (SSSR count). The second-order valence-corrected chi connectivity index (χ2v) is 8.18. The van der Waals surface area contributed by atoms with Crippen molar-refractivity contribution in [3.63, 3.8) is 0 Å². The number of imidazole rings is 1. The summed E-state index contributed by atoms with van der Waals surface area (Å²) in [4.78, 5) is 29.9. The molecule has 1 heterocycles. The summed E-state index contributed by atoms with van der Waals surface area (Å²) in [6, 6.07) is 24.4. The predicted molar refractivity (Wildman–Crippen MR) is 125 cm³/mol. The van der Waals surface area contributed by atoms with E-state index in [0.717, 1.165) is 27.8 Å². The molecule has 0 radical (unpaired) electrons. The van der Waals surface area contributed by atoms with Crippen LogP contribution in [0.25, 0.3) is 11.0 Å².